The molecular weight excluding hydrogens is 481 g/mol. The minimum absolute atomic E-state index is 0.0789. The van der Waals surface area contributed by atoms with Gasteiger partial charge in [-0.25, -0.2) is 14.2 Å². The maximum atomic E-state index is 15.0. The smallest absolute Gasteiger partial charge is 0.319 e. The standard InChI is InChI=1S/C30H30FN5O2/c31-23-3-1-2-22-25-15-33-16-36(25)24(27(22)23)10-26(37)30-11-18-8-19(12-30)28(20(9-18)13-30)35-29(38)34-21-6-4-17(14-32)5-7-21/h1-7,15-16,18-20,24,26,28,37H,8-13H2,(H2,34,35,38). The van der Waals surface area contributed by atoms with Crippen LogP contribution in [0.5, 0.6) is 0 Å². The zero-order valence-electron chi connectivity index (χ0n) is 21.0. The molecule has 2 aromatic carbocycles. The molecule has 0 radical (unpaired) electrons. The van der Waals surface area contributed by atoms with E-state index in [2.05, 4.69) is 21.7 Å². The number of rotatable bonds is 5. The van der Waals surface area contributed by atoms with Gasteiger partial charge in [-0.3, -0.25) is 0 Å². The van der Waals surface area contributed by atoms with E-state index in [0.29, 0.717) is 41.0 Å². The lowest BCUT2D eigenvalue weighted by atomic mass is 9.46. The Balaban J connectivity index is 1.07. The fourth-order valence-corrected chi connectivity index (χ4v) is 8.37. The van der Waals surface area contributed by atoms with E-state index in [-0.39, 0.29) is 29.3 Å². The maximum absolute atomic E-state index is 15.0. The third-order valence-corrected chi connectivity index (χ3v) is 9.71. The van der Waals surface area contributed by atoms with Crippen LogP contribution in [0.25, 0.3) is 11.3 Å². The van der Waals surface area contributed by atoms with Crippen molar-refractivity contribution in [3.63, 3.8) is 0 Å². The molecule has 38 heavy (non-hydrogen) atoms. The van der Waals surface area contributed by atoms with E-state index < -0.39 is 6.10 Å². The fraction of sp³-hybridized carbons (Fsp3) is 0.433. The van der Waals surface area contributed by atoms with Crippen LogP contribution in [0.4, 0.5) is 14.9 Å². The van der Waals surface area contributed by atoms with Crippen LogP contribution >= 0.6 is 0 Å². The third-order valence-electron chi connectivity index (χ3n) is 9.71. The summed E-state index contributed by atoms with van der Waals surface area (Å²) in [5.41, 5.74) is 3.43. The number of nitrogens with one attached hydrogen (secondary N) is 2. The predicted octanol–water partition coefficient (Wildman–Crippen LogP) is 5.23. The van der Waals surface area contributed by atoms with Crippen LogP contribution in [0, 0.1) is 40.3 Å². The third kappa shape index (κ3) is 3.64. The molecule has 1 aliphatic heterocycles. The Morgan fingerprint density at radius 3 is 2.68 bits per heavy atom. The molecule has 4 aliphatic carbocycles. The van der Waals surface area contributed by atoms with Crippen molar-refractivity contribution < 1.29 is 14.3 Å². The van der Waals surface area contributed by atoms with Crippen molar-refractivity contribution in [2.24, 2.45) is 23.2 Å². The first-order chi connectivity index (χ1) is 18.4. The van der Waals surface area contributed by atoms with Gasteiger partial charge in [0.2, 0.25) is 0 Å². The van der Waals surface area contributed by atoms with E-state index in [0.717, 1.165) is 43.4 Å². The number of amides is 2. The van der Waals surface area contributed by atoms with Gasteiger partial charge in [0.1, 0.15) is 5.82 Å². The Labute approximate surface area is 220 Å². The fourth-order valence-electron chi connectivity index (χ4n) is 8.37. The summed E-state index contributed by atoms with van der Waals surface area (Å²) < 4.78 is 17.0. The number of hydrogen-bond acceptors (Lipinski definition) is 4. The Morgan fingerprint density at radius 2 is 1.95 bits per heavy atom. The number of carbonyl (C=O) groups is 1. The van der Waals surface area contributed by atoms with Gasteiger partial charge < -0.3 is 20.3 Å². The van der Waals surface area contributed by atoms with Crippen molar-refractivity contribution in [3.8, 4) is 17.3 Å². The first-order valence-corrected chi connectivity index (χ1v) is 13.5. The van der Waals surface area contributed by atoms with Gasteiger partial charge >= 0.3 is 6.03 Å². The molecule has 0 spiro atoms. The summed E-state index contributed by atoms with van der Waals surface area (Å²) in [5.74, 6) is 0.961. The zero-order valence-corrected chi connectivity index (χ0v) is 21.0. The molecule has 4 saturated carbocycles. The van der Waals surface area contributed by atoms with Gasteiger partial charge in [0.25, 0.3) is 0 Å². The molecule has 5 aliphatic rings. The molecule has 3 N–H and O–H groups in total. The summed E-state index contributed by atoms with van der Waals surface area (Å²) in [7, 11) is 0. The molecule has 4 bridgehead atoms. The van der Waals surface area contributed by atoms with Crippen LogP contribution in [0.3, 0.4) is 0 Å². The van der Waals surface area contributed by atoms with E-state index in [9.17, 15) is 14.3 Å². The monoisotopic (exact) mass is 511 g/mol. The number of fused-ring (bicyclic) bond motifs is 3. The zero-order chi connectivity index (χ0) is 26.0. The van der Waals surface area contributed by atoms with Crippen LogP contribution in [-0.2, 0) is 0 Å². The van der Waals surface area contributed by atoms with Crippen LogP contribution in [-0.4, -0.2) is 32.8 Å². The molecule has 2 amide bonds. The molecule has 8 heteroatoms. The highest BCUT2D eigenvalue weighted by Crippen LogP contribution is 2.62. The van der Waals surface area contributed by atoms with Gasteiger partial charge in [0, 0.05) is 22.9 Å². The van der Waals surface area contributed by atoms with E-state index in [1.54, 1.807) is 42.9 Å². The van der Waals surface area contributed by atoms with Crippen molar-refractivity contribution >= 4 is 11.7 Å². The van der Waals surface area contributed by atoms with Crippen LogP contribution in [0.2, 0.25) is 0 Å². The number of nitriles is 1. The van der Waals surface area contributed by atoms with Gasteiger partial charge in [-0.15, -0.1) is 0 Å². The van der Waals surface area contributed by atoms with Crippen molar-refractivity contribution in [1.29, 1.82) is 5.26 Å². The maximum Gasteiger partial charge on any atom is 0.319 e. The molecule has 7 nitrogen and oxygen atoms in total. The minimum Gasteiger partial charge on any atom is -0.392 e. The lowest BCUT2D eigenvalue weighted by Crippen LogP contribution is -2.62. The molecule has 194 valence electrons. The molecule has 4 unspecified atom stereocenters. The number of carbonyl (C=O) groups excluding carboxylic acids is 1. The summed E-state index contributed by atoms with van der Waals surface area (Å²) in [4.78, 5) is 17.2. The molecule has 4 atom stereocenters. The molecule has 1 aromatic heterocycles. The van der Waals surface area contributed by atoms with Crippen molar-refractivity contribution in [2.75, 3.05) is 5.32 Å². The average molecular weight is 512 g/mol. The van der Waals surface area contributed by atoms with E-state index in [4.69, 9.17) is 5.26 Å². The number of imidazole rings is 1. The van der Waals surface area contributed by atoms with Gasteiger partial charge in [0.05, 0.1) is 42.0 Å². The number of halogens is 1. The van der Waals surface area contributed by atoms with Crippen molar-refractivity contribution in [3.05, 3.63) is 71.9 Å². The Morgan fingerprint density at radius 1 is 1.18 bits per heavy atom. The lowest BCUT2D eigenvalue weighted by molar-refractivity contribution is -0.135. The summed E-state index contributed by atoms with van der Waals surface area (Å²) >= 11 is 0. The second kappa shape index (κ2) is 8.67. The second-order valence-electron chi connectivity index (χ2n) is 11.8. The number of urea groups is 1. The Kier molecular flexibility index (Phi) is 5.34. The van der Waals surface area contributed by atoms with E-state index >= 15 is 0 Å². The largest absolute Gasteiger partial charge is 0.392 e. The van der Waals surface area contributed by atoms with Crippen molar-refractivity contribution in [1.82, 2.24) is 14.9 Å². The number of hydrogen-bond donors (Lipinski definition) is 3. The van der Waals surface area contributed by atoms with Crippen LogP contribution in [0.1, 0.15) is 55.7 Å². The molecule has 8 rings (SSSR count). The number of anilines is 1. The van der Waals surface area contributed by atoms with Crippen molar-refractivity contribution in [2.45, 2.75) is 56.7 Å². The second-order valence-corrected chi connectivity index (χ2v) is 11.8. The topological polar surface area (TPSA) is 103 Å². The average Bonchev–Trinajstić information content (AvgIpc) is 3.49. The minimum atomic E-state index is -0.560. The molecular formula is C30H30FN5O2. The van der Waals surface area contributed by atoms with E-state index in [1.165, 1.54) is 6.07 Å². The highest BCUT2D eigenvalue weighted by molar-refractivity contribution is 5.89. The number of aliphatic hydroxyl groups is 1. The normalized spacial score (nSPS) is 30.8. The summed E-state index contributed by atoms with van der Waals surface area (Å²) in [5, 5.41) is 26.9. The first-order valence-electron chi connectivity index (χ1n) is 13.5. The molecule has 0 saturated heterocycles. The molecule has 4 fully saturated rings. The first kappa shape index (κ1) is 23.4. The van der Waals surface area contributed by atoms with Crippen LogP contribution in [0.15, 0.2) is 55.0 Å². The van der Waals surface area contributed by atoms with Gasteiger partial charge in [-0.05, 0) is 92.0 Å². The quantitative estimate of drug-likeness (QED) is 0.436. The number of aliphatic hydroxyl groups excluding tert-OH is 1. The summed E-state index contributed by atoms with van der Waals surface area (Å²) in [6.45, 7) is 0. The van der Waals surface area contributed by atoms with E-state index in [1.807, 2.05) is 10.6 Å². The number of aromatic nitrogens is 2. The van der Waals surface area contributed by atoms with Gasteiger partial charge in [-0.2, -0.15) is 5.26 Å². The summed E-state index contributed by atoms with van der Waals surface area (Å²) in [6.07, 6.45) is 8.30. The number of benzene rings is 2. The van der Waals surface area contributed by atoms with Gasteiger partial charge in [0.15, 0.2) is 0 Å². The highest BCUT2D eigenvalue weighted by Gasteiger charge is 2.58. The number of nitrogens with zero attached hydrogens (tertiary/aromatic N) is 3. The van der Waals surface area contributed by atoms with Gasteiger partial charge in [-0.1, -0.05) is 12.1 Å². The Hall–Kier alpha value is -3.70. The molecule has 2 heterocycles. The SMILES string of the molecule is N#Cc1ccc(NC(=O)NC2C3CC4CC2CC(C(O)CC2c5c(F)cccc5-c5cncn52)(C4)C3)cc1. The predicted molar refractivity (Wildman–Crippen MR) is 139 cm³/mol. The Bertz CT molecular complexity index is 1430. The summed E-state index contributed by atoms with van der Waals surface area (Å²) in [6, 6.07) is 13.7. The lowest BCUT2D eigenvalue weighted by Gasteiger charge is -2.61. The molecule has 3 aromatic rings. The van der Waals surface area contributed by atoms with Crippen LogP contribution < -0.4 is 10.6 Å². The highest BCUT2D eigenvalue weighted by atomic mass is 19.1.